The Balaban J connectivity index is 2.72. The number of carbonyl (C=O) groups is 2. The second-order valence-electron chi connectivity index (χ2n) is 6.95. The zero-order chi connectivity index (χ0) is 16.4. The van der Waals surface area contributed by atoms with Gasteiger partial charge in [-0.05, 0) is 31.1 Å². The quantitative estimate of drug-likeness (QED) is 0.784. The molecule has 1 saturated carbocycles. The molecule has 3 unspecified atom stereocenters. The number of urea groups is 1. The van der Waals surface area contributed by atoms with E-state index in [1.165, 1.54) is 0 Å². The first-order valence-corrected chi connectivity index (χ1v) is 7.46. The number of likely N-dealkylation sites (N-methyl/N-ethyl adjacent to an activating group) is 1. The molecule has 0 aromatic carbocycles. The number of carbonyl (C=O) groups excluding carboxylic acids is 1. The van der Waals surface area contributed by atoms with Crippen LogP contribution in [-0.2, 0) is 4.79 Å². The van der Waals surface area contributed by atoms with Crippen LogP contribution in [0.1, 0.15) is 40.5 Å². The molecule has 0 aliphatic heterocycles. The molecule has 0 aromatic heterocycles. The van der Waals surface area contributed by atoms with Crippen LogP contribution in [0.3, 0.4) is 0 Å². The van der Waals surface area contributed by atoms with Gasteiger partial charge in [-0.15, -0.1) is 0 Å². The van der Waals surface area contributed by atoms with Crippen molar-refractivity contribution in [3.8, 4) is 0 Å². The lowest BCUT2D eigenvalue weighted by atomic mass is 9.61. The zero-order valence-electron chi connectivity index (χ0n) is 13.8. The van der Waals surface area contributed by atoms with Crippen LogP contribution in [-0.4, -0.2) is 41.6 Å². The number of nitrogens with one attached hydrogen (secondary N) is 1. The molecule has 1 fully saturated rings. The van der Waals surface area contributed by atoms with Gasteiger partial charge in [0.1, 0.15) is 0 Å². The molecule has 1 rings (SSSR count). The van der Waals surface area contributed by atoms with E-state index in [4.69, 9.17) is 0 Å². The Morgan fingerprint density at radius 2 is 1.95 bits per heavy atom. The lowest BCUT2D eigenvalue weighted by molar-refractivity contribution is -0.150. The normalized spacial score (nSPS) is 27.8. The van der Waals surface area contributed by atoms with Gasteiger partial charge >= 0.3 is 12.0 Å². The molecule has 3 atom stereocenters. The highest BCUT2D eigenvalue weighted by molar-refractivity contribution is 5.75. The Morgan fingerprint density at radius 3 is 2.43 bits per heavy atom. The molecule has 0 radical (unpaired) electrons. The molecule has 2 N–H and O–H groups in total. The van der Waals surface area contributed by atoms with Crippen LogP contribution in [0.15, 0.2) is 12.2 Å². The van der Waals surface area contributed by atoms with E-state index in [1.807, 2.05) is 27.7 Å². The summed E-state index contributed by atoms with van der Waals surface area (Å²) < 4.78 is 0. The lowest BCUT2D eigenvalue weighted by Gasteiger charge is -2.46. The van der Waals surface area contributed by atoms with Gasteiger partial charge in [0.05, 0.1) is 5.92 Å². The maximum absolute atomic E-state index is 12.2. The van der Waals surface area contributed by atoms with Crippen LogP contribution in [0.25, 0.3) is 0 Å². The number of carboxylic acid groups (broad SMARTS) is 1. The smallest absolute Gasteiger partial charge is 0.317 e. The highest BCUT2D eigenvalue weighted by Crippen LogP contribution is 2.45. The van der Waals surface area contributed by atoms with Gasteiger partial charge in [-0.2, -0.15) is 0 Å². The summed E-state index contributed by atoms with van der Waals surface area (Å²) in [5, 5.41) is 12.4. The SMILES string of the molecule is C=C(C)CN(C)C(=O)NC1CCC(C(=O)O)C(C)(C)C1C. The van der Waals surface area contributed by atoms with E-state index >= 15 is 0 Å². The number of nitrogens with zero attached hydrogens (tertiary/aromatic N) is 1. The van der Waals surface area contributed by atoms with Crippen molar-refractivity contribution in [3.63, 3.8) is 0 Å². The number of hydrogen-bond acceptors (Lipinski definition) is 2. The maximum atomic E-state index is 12.2. The molecule has 21 heavy (non-hydrogen) atoms. The molecule has 5 heteroatoms. The van der Waals surface area contributed by atoms with Crippen molar-refractivity contribution in [1.29, 1.82) is 0 Å². The van der Waals surface area contributed by atoms with Crippen LogP contribution < -0.4 is 5.32 Å². The maximum Gasteiger partial charge on any atom is 0.317 e. The third kappa shape index (κ3) is 3.99. The number of rotatable bonds is 4. The van der Waals surface area contributed by atoms with Crippen LogP contribution in [0.2, 0.25) is 0 Å². The van der Waals surface area contributed by atoms with Crippen molar-refractivity contribution in [2.24, 2.45) is 17.3 Å². The first kappa shape index (κ1) is 17.5. The molecule has 5 nitrogen and oxygen atoms in total. The van der Waals surface area contributed by atoms with Crippen molar-refractivity contribution < 1.29 is 14.7 Å². The van der Waals surface area contributed by atoms with Crippen molar-refractivity contribution in [3.05, 3.63) is 12.2 Å². The summed E-state index contributed by atoms with van der Waals surface area (Å²) in [5.74, 6) is -0.987. The van der Waals surface area contributed by atoms with Gasteiger partial charge in [0.25, 0.3) is 0 Å². The summed E-state index contributed by atoms with van der Waals surface area (Å²) in [7, 11) is 1.74. The third-order valence-electron chi connectivity index (χ3n) is 4.90. The summed E-state index contributed by atoms with van der Waals surface area (Å²) in [6, 6.07) is -0.116. The summed E-state index contributed by atoms with van der Waals surface area (Å²) in [6.45, 7) is 12.2. The summed E-state index contributed by atoms with van der Waals surface area (Å²) in [4.78, 5) is 25.1. The molecule has 0 saturated heterocycles. The van der Waals surface area contributed by atoms with Gasteiger partial charge in [0.2, 0.25) is 0 Å². The Hall–Kier alpha value is -1.52. The zero-order valence-corrected chi connectivity index (χ0v) is 13.8. The van der Waals surface area contributed by atoms with Gasteiger partial charge in [-0.1, -0.05) is 32.9 Å². The van der Waals surface area contributed by atoms with Crippen LogP contribution in [0.5, 0.6) is 0 Å². The lowest BCUT2D eigenvalue weighted by Crippen LogP contribution is -2.54. The molecule has 2 amide bonds. The van der Waals surface area contributed by atoms with Gasteiger partial charge in [0, 0.05) is 19.6 Å². The van der Waals surface area contributed by atoms with E-state index in [-0.39, 0.29) is 29.3 Å². The summed E-state index contributed by atoms with van der Waals surface area (Å²) in [6.07, 6.45) is 1.30. The van der Waals surface area contributed by atoms with Gasteiger partial charge in [-0.3, -0.25) is 4.79 Å². The molecular weight excluding hydrogens is 268 g/mol. The van der Waals surface area contributed by atoms with E-state index < -0.39 is 5.97 Å². The average molecular weight is 296 g/mol. The topological polar surface area (TPSA) is 69.6 Å². The molecule has 1 aliphatic carbocycles. The number of carboxylic acids is 1. The van der Waals surface area contributed by atoms with Crippen molar-refractivity contribution in [2.75, 3.05) is 13.6 Å². The number of amides is 2. The molecule has 120 valence electrons. The standard InChI is InChI=1S/C16H28N2O3/c1-10(2)9-18(6)15(21)17-13-8-7-12(14(19)20)16(4,5)11(13)3/h11-13H,1,7-9H2,2-6H3,(H,17,21)(H,19,20). The fourth-order valence-corrected chi connectivity index (χ4v) is 3.19. The first-order chi connectivity index (χ1) is 9.57. The predicted octanol–water partition coefficient (Wildman–Crippen LogP) is 2.73. The first-order valence-electron chi connectivity index (χ1n) is 7.46. The van der Waals surface area contributed by atoms with E-state index in [2.05, 4.69) is 11.9 Å². The second kappa shape index (κ2) is 6.50. The van der Waals surface area contributed by atoms with E-state index in [0.29, 0.717) is 19.4 Å². The van der Waals surface area contributed by atoms with Crippen molar-refractivity contribution >= 4 is 12.0 Å². The van der Waals surface area contributed by atoms with Crippen LogP contribution in [0.4, 0.5) is 4.79 Å². The van der Waals surface area contributed by atoms with E-state index in [9.17, 15) is 14.7 Å². The largest absolute Gasteiger partial charge is 0.481 e. The van der Waals surface area contributed by atoms with E-state index in [1.54, 1.807) is 11.9 Å². The fraction of sp³-hybridized carbons (Fsp3) is 0.750. The molecule has 0 spiro atoms. The molecule has 0 aromatic rings. The van der Waals surface area contributed by atoms with Crippen molar-refractivity contribution in [1.82, 2.24) is 10.2 Å². The molecule has 0 bridgehead atoms. The minimum atomic E-state index is -0.740. The molecule has 1 aliphatic rings. The van der Waals surface area contributed by atoms with Gasteiger partial charge in [0.15, 0.2) is 0 Å². The monoisotopic (exact) mass is 296 g/mol. The van der Waals surface area contributed by atoms with Gasteiger partial charge < -0.3 is 15.3 Å². The fourth-order valence-electron chi connectivity index (χ4n) is 3.19. The Kier molecular flexibility index (Phi) is 5.42. The number of hydrogen-bond donors (Lipinski definition) is 2. The van der Waals surface area contributed by atoms with E-state index in [0.717, 1.165) is 5.57 Å². The second-order valence-corrected chi connectivity index (χ2v) is 6.95. The Labute approximate surface area is 127 Å². The van der Waals surface area contributed by atoms with Crippen LogP contribution >= 0.6 is 0 Å². The summed E-state index contributed by atoms with van der Waals surface area (Å²) >= 11 is 0. The minimum Gasteiger partial charge on any atom is -0.481 e. The Morgan fingerprint density at radius 1 is 1.38 bits per heavy atom. The number of aliphatic carboxylic acids is 1. The molecular formula is C16H28N2O3. The highest BCUT2D eigenvalue weighted by Gasteiger charge is 2.46. The van der Waals surface area contributed by atoms with Gasteiger partial charge in [-0.25, -0.2) is 4.79 Å². The summed E-state index contributed by atoms with van der Waals surface area (Å²) in [5.41, 5.74) is 0.588. The average Bonchev–Trinajstić information content (AvgIpc) is 2.33. The third-order valence-corrected chi connectivity index (χ3v) is 4.90. The predicted molar refractivity (Wildman–Crippen MR) is 83.1 cm³/mol. The Bertz CT molecular complexity index is 431. The van der Waals surface area contributed by atoms with Crippen molar-refractivity contribution in [2.45, 2.75) is 46.6 Å². The molecule has 0 heterocycles. The van der Waals surface area contributed by atoms with Crippen LogP contribution in [0, 0.1) is 17.3 Å². The highest BCUT2D eigenvalue weighted by atomic mass is 16.4. The minimum absolute atomic E-state index is 0.00988.